The molecule has 0 aliphatic carbocycles. The van der Waals surface area contributed by atoms with Crippen molar-refractivity contribution in [1.29, 1.82) is 0 Å². The molecule has 4 aromatic rings. The Hall–Kier alpha value is -4.62. The van der Waals surface area contributed by atoms with Crippen molar-refractivity contribution in [3.63, 3.8) is 0 Å². The van der Waals surface area contributed by atoms with Gasteiger partial charge in [0.25, 0.3) is 17.7 Å². The van der Waals surface area contributed by atoms with Gasteiger partial charge in [0.1, 0.15) is 10.6 Å². The van der Waals surface area contributed by atoms with Gasteiger partial charge in [-0.1, -0.05) is 65.4 Å². The summed E-state index contributed by atoms with van der Waals surface area (Å²) in [5, 5.41) is 6.05. The topological polar surface area (TPSA) is 78.5 Å². The van der Waals surface area contributed by atoms with Crippen molar-refractivity contribution in [2.75, 3.05) is 15.5 Å². The average Bonchev–Trinajstić information content (AvgIpc) is 3.16. The first-order chi connectivity index (χ1) is 18.4. The molecule has 5 rings (SSSR count). The van der Waals surface area contributed by atoms with E-state index >= 15 is 0 Å². The number of nitrogens with one attached hydrogen (secondary N) is 2. The van der Waals surface area contributed by atoms with E-state index in [0.29, 0.717) is 21.8 Å². The summed E-state index contributed by atoms with van der Waals surface area (Å²) in [7, 11) is 0. The SMILES string of the molecule is Cc1ccc(NC2=C(Sc3ccc(NC(=O)c4ccccc4)cc3)C(=O)N(c3ccc(C)cc3)C2=O)cc1. The Morgan fingerprint density at radius 3 is 1.89 bits per heavy atom. The summed E-state index contributed by atoms with van der Waals surface area (Å²) in [6.07, 6.45) is 0. The van der Waals surface area contributed by atoms with Crippen LogP contribution in [0.2, 0.25) is 0 Å². The van der Waals surface area contributed by atoms with Crippen molar-refractivity contribution >= 4 is 46.5 Å². The maximum absolute atomic E-state index is 13.6. The van der Waals surface area contributed by atoms with Gasteiger partial charge in [0.05, 0.1) is 5.69 Å². The average molecular weight is 520 g/mol. The summed E-state index contributed by atoms with van der Waals surface area (Å²) in [6.45, 7) is 3.94. The van der Waals surface area contributed by atoms with Crippen LogP contribution in [0.1, 0.15) is 21.5 Å². The standard InChI is InChI=1S/C31H25N3O3S/c1-20-8-12-23(13-9-20)32-27-28(31(37)34(30(27)36)25-16-10-21(2)11-17-25)38-26-18-14-24(15-19-26)33-29(35)22-6-4-3-5-7-22/h3-19,32H,1-2H3,(H,33,35). The van der Waals surface area contributed by atoms with Gasteiger partial charge in [-0.2, -0.15) is 0 Å². The van der Waals surface area contributed by atoms with Gasteiger partial charge in [0.15, 0.2) is 0 Å². The highest BCUT2D eigenvalue weighted by molar-refractivity contribution is 8.04. The molecule has 0 spiro atoms. The minimum Gasteiger partial charge on any atom is -0.350 e. The monoisotopic (exact) mass is 519 g/mol. The highest BCUT2D eigenvalue weighted by Crippen LogP contribution is 2.38. The zero-order valence-corrected chi connectivity index (χ0v) is 21.7. The molecule has 0 unspecified atom stereocenters. The van der Waals surface area contributed by atoms with E-state index in [-0.39, 0.29) is 17.5 Å². The summed E-state index contributed by atoms with van der Waals surface area (Å²) in [4.78, 5) is 41.8. The molecule has 0 saturated carbocycles. The Morgan fingerprint density at radius 1 is 0.684 bits per heavy atom. The highest BCUT2D eigenvalue weighted by atomic mass is 32.2. The number of hydrogen-bond donors (Lipinski definition) is 2. The molecule has 4 aromatic carbocycles. The van der Waals surface area contributed by atoms with Crippen molar-refractivity contribution in [2.24, 2.45) is 0 Å². The van der Waals surface area contributed by atoms with E-state index in [9.17, 15) is 14.4 Å². The minimum absolute atomic E-state index is 0.205. The molecule has 3 amide bonds. The van der Waals surface area contributed by atoms with Crippen molar-refractivity contribution in [2.45, 2.75) is 18.7 Å². The predicted octanol–water partition coefficient (Wildman–Crippen LogP) is 6.54. The summed E-state index contributed by atoms with van der Waals surface area (Å²) < 4.78 is 0. The zero-order chi connectivity index (χ0) is 26.6. The molecule has 1 heterocycles. The lowest BCUT2D eigenvalue weighted by Crippen LogP contribution is -2.32. The Morgan fingerprint density at radius 2 is 1.26 bits per heavy atom. The fourth-order valence-electron chi connectivity index (χ4n) is 3.94. The molecule has 1 aliphatic rings. The number of hydrogen-bond acceptors (Lipinski definition) is 5. The first kappa shape index (κ1) is 25.0. The highest BCUT2D eigenvalue weighted by Gasteiger charge is 2.40. The molecule has 1 aliphatic heterocycles. The van der Waals surface area contributed by atoms with E-state index in [0.717, 1.165) is 21.7 Å². The van der Waals surface area contributed by atoms with Crippen LogP contribution >= 0.6 is 11.8 Å². The number of benzene rings is 4. The van der Waals surface area contributed by atoms with Crippen LogP contribution in [0, 0.1) is 13.8 Å². The first-order valence-electron chi connectivity index (χ1n) is 12.1. The number of imide groups is 1. The summed E-state index contributed by atoms with van der Waals surface area (Å²) in [5.41, 5.74) is 4.78. The van der Waals surface area contributed by atoms with Crippen LogP contribution in [0.15, 0.2) is 119 Å². The Balaban J connectivity index is 1.41. The van der Waals surface area contributed by atoms with Gasteiger partial charge < -0.3 is 10.6 Å². The molecule has 0 fully saturated rings. The number of rotatable bonds is 7. The lowest BCUT2D eigenvalue weighted by Gasteiger charge is -2.15. The third-order valence-corrected chi connectivity index (χ3v) is 7.11. The van der Waals surface area contributed by atoms with Crippen LogP contribution in [0.4, 0.5) is 17.1 Å². The summed E-state index contributed by atoms with van der Waals surface area (Å²) >= 11 is 1.21. The minimum atomic E-state index is -0.409. The van der Waals surface area contributed by atoms with Gasteiger partial charge in [0, 0.05) is 21.8 Å². The molecule has 0 bridgehead atoms. The summed E-state index contributed by atoms with van der Waals surface area (Å²) in [5.74, 6) is -1.00. The van der Waals surface area contributed by atoms with Gasteiger partial charge in [-0.25, -0.2) is 4.90 Å². The van der Waals surface area contributed by atoms with Crippen molar-refractivity contribution in [3.05, 3.63) is 130 Å². The van der Waals surface area contributed by atoms with Gasteiger partial charge in [-0.15, -0.1) is 0 Å². The number of amides is 3. The second-order valence-electron chi connectivity index (χ2n) is 8.92. The van der Waals surface area contributed by atoms with Crippen LogP contribution in [0.25, 0.3) is 0 Å². The molecule has 6 nitrogen and oxygen atoms in total. The lowest BCUT2D eigenvalue weighted by molar-refractivity contribution is -0.120. The molecule has 188 valence electrons. The van der Waals surface area contributed by atoms with E-state index < -0.39 is 5.91 Å². The second kappa shape index (κ2) is 10.8. The quantitative estimate of drug-likeness (QED) is 0.271. The van der Waals surface area contributed by atoms with Gasteiger partial charge in [-0.05, 0) is 74.5 Å². The van der Waals surface area contributed by atoms with Gasteiger partial charge >= 0.3 is 0 Å². The Bertz CT molecular complexity index is 1530. The van der Waals surface area contributed by atoms with Crippen molar-refractivity contribution in [3.8, 4) is 0 Å². The third kappa shape index (κ3) is 5.38. The normalized spacial score (nSPS) is 13.2. The Kier molecular flexibility index (Phi) is 7.11. The predicted molar refractivity (Wildman–Crippen MR) is 152 cm³/mol. The van der Waals surface area contributed by atoms with Crippen molar-refractivity contribution in [1.82, 2.24) is 0 Å². The molecule has 0 saturated heterocycles. The molecule has 0 atom stereocenters. The molecule has 7 heteroatoms. The third-order valence-electron chi connectivity index (χ3n) is 6.02. The largest absolute Gasteiger partial charge is 0.350 e. The van der Waals surface area contributed by atoms with Crippen molar-refractivity contribution < 1.29 is 14.4 Å². The first-order valence-corrected chi connectivity index (χ1v) is 12.9. The summed E-state index contributed by atoms with van der Waals surface area (Å²) in [6, 6.07) is 31.1. The fraction of sp³-hybridized carbons (Fsp3) is 0.0645. The zero-order valence-electron chi connectivity index (χ0n) is 20.9. The second-order valence-corrected chi connectivity index (χ2v) is 10.0. The molecule has 38 heavy (non-hydrogen) atoms. The van der Waals surface area contributed by atoms with E-state index in [1.54, 1.807) is 36.4 Å². The number of carbonyl (C=O) groups excluding carboxylic acids is 3. The maximum Gasteiger partial charge on any atom is 0.283 e. The molecule has 0 aromatic heterocycles. The fourth-order valence-corrected chi connectivity index (χ4v) is 4.87. The maximum atomic E-state index is 13.6. The van der Waals surface area contributed by atoms with Gasteiger partial charge in [-0.3, -0.25) is 14.4 Å². The molecule has 2 N–H and O–H groups in total. The molecule has 0 radical (unpaired) electrons. The Labute approximate surface area is 225 Å². The van der Waals surface area contributed by atoms with Crippen LogP contribution in [0.3, 0.4) is 0 Å². The number of carbonyl (C=O) groups is 3. The number of thioether (sulfide) groups is 1. The van der Waals surface area contributed by atoms with E-state index in [4.69, 9.17) is 0 Å². The van der Waals surface area contributed by atoms with E-state index in [1.807, 2.05) is 80.6 Å². The van der Waals surface area contributed by atoms with Crippen LogP contribution in [-0.2, 0) is 9.59 Å². The van der Waals surface area contributed by atoms with Crippen LogP contribution < -0.4 is 15.5 Å². The van der Waals surface area contributed by atoms with Crippen LogP contribution in [0.5, 0.6) is 0 Å². The number of nitrogens with zero attached hydrogens (tertiary/aromatic N) is 1. The van der Waals surface area contributed by atoms with E-state index in [2.05, 4.69) is 10.6 Å². The van der Waals surface area contributed by atoms with Gasteiger partial charge in [0.2, 0.25) is 0 Å². The number of aryl methyl sites for hydroxylation is 2. The molecular weight excluding hydrogens is 494 g/mol. The van der Waals surface area contributed by atoms with E-state index in [1.165, 1.54) is 16.7 Å². The lowest BCUT2D eigenvalue weighted by atomic mass is 10.2. The molecular formula is C31H25N3O3S. The van der Waals surface area contributed by atoms with Crippen LogP contribution in [-0.4, -0.2) is 17.7 Å². The number of anilines is 3. The smallest absolute Gasteiger partial charge is 0.283 e.